The molecule has 1 amide bonds. The average Bonchev–Trinajstić information content (AvgIpc) is 3.25. The second kappa shape index (κ2) is 7.52. The molecule has 0 radical (unpaired) electrons. The maximum Gasteiger partial charge on any atom is 0.264 e. The van der Waals surface area contributed by atoms with E-state index in [0.717, 1.165) is 27.0 Å². The van der Waals surface area contributed by atoms with Gasteiger partial charge in [0.15, 0.2) is 0 Å². The van der Waals surface area contributed by atoms with Crippen LogP contribution in [0.25, 0.3) is 10.2 Å². The fourth-order valence-corrected chi connectivity index (χ4v) is 4.27. The van der Waals surface area contributed by atoms with Crippen molar-refractivity contribution in [1.29, 1.82) is 0 Å². The van der Waals surface area contributed by atoms with Gasteiger partial charge in [0, 0.05) is 31.4 Å². The van der Waals surface area contributed by atoms with Crippen LogP contribution in [0, 0.1) is 12.7 Å². The summed E-state index contributed by atoms with van der Waals surface area (Å²) < 4.78 is 15.0. The van der Waals surface area contributed by atoms with Gasteiger partial charge in [-0.25, -0.2) is 4.39 Å². The van der Waals surface area contributed by atoms with Gasteiger partial charge in [0.05, 0.1) is 17.1 Å². The van der Waals surface area contributed by atoms with Crippen molar-refractivity contribution in [2.45, 2.75) is 20.0 Å². The predicted molar refractivity (Wildman–Crippen MR) is 108 cm³/mol. The summed E-state index contributed by atoms with van der Waals surface area (Å²) in [6, 6.07) is 12.1. The van der Waals surface area contributed by atoms with Gasteiger partial charge in [-0.05, 0) is 42.3 Å². The molecular formula is C21H19FN4OS. The first kappa shape index (κ1) is 18.3. The van der Waals surface area contributed by atoms with Crippen LogP contribution in [-0.2, 0) is 13.1 Å². The number of halogens is 1. The molecule has 0 bridgehead atoms. The lowest BCUT2D eigenvalue weighted by Crippen LogP contribution is -2.25. The smallest absolute Gasteiger partial charge is 0.264 e. The number of hydrogen-bond donors (Lipinski definition) is 0. The normalized spacial score (nSPS) is 11.1. The molecule has 0 aliphatic carbocycles. The van der Waals surface area contributed by atoms with Crippen LogP contribution in [-0.4, -0.2) is 32.6 Å². The minimum atomic E-state index is -0.258. The van der Waals surface area contributed by atoms with Gasteiger partial charge in [-0.2, -0.15) is 5.10 Å². The molecule has 0 fully saturated rings. The molecule has 0 unspecified atom stereocenters. The molecule has 4 rings (SSSR count). The lowest BCUT2D eigenvalue weighted by atomic mass is 10.2. The number of rotatable bonds is 5. The topological polar surface area (TPSA) is 51.0 Å². The van der Waals surface area contributed by atoms with Crippen molar-refractivity contribution in [1.82, 2.24) is 19.7 Å². The fraction of sp³-hybridized carbons (Fsp3) is 0.190. The first-order chi connectivity index (χ1) is 13.5. The molecule has 0 atom stereocenters. The number of carbonyl (C=O) groups excluding carboxylic acids is 1. The summed E-state index contributed by atoms with van der Waals surface area (Å²) in [5.74, 6) is -0.288. The van der Waals surface area contributed by atoms with E-state index in [4.69, 9.17) is 0 Å². The molecule has 0 saturated heterocycles. The Morgan fingerprint density at radius 2 is 2.00 bits per heavy atom. The molecule has 0 aliphatic rings. The van der Waals surface area contributed by atoms with Crippen molar-refractivity contribution in [3.63, 3.8) is 0 Å². The Balaban J connectivity index is 1.58. The molecule has 7 heteroatoms. The van der Waals surface area contributed by atoms with Crippen LogP contribution in [0.2, 0.25) is 0 Å². The van der Waals surface area contributed by atoms with E-state index in [1.54, 1.807) is 36.5 Å². The maximum atomic E-state index is 13.1. The Morgan fingerprint density at radius 3 is 2.71 bits per heavy atom. The van der Waals surface area contributed by atoms with Gasteiger partial charge in [-0.15, -0.1) is 11.3 Å². The molecule has 0 N–H and O–H groups in total. The number of carbonyl (C=O) groups is 1. The molecule has 0 aliphatic heterocycles. The van der Waals surface area contributed by atoms with Gasteiger partial charge in [0.2, 0.25) is 0 Å². The molecule has 3 aromatic heterocycles. The summed E-state index contributed by atoms with van der Waals surface area (Å²) in [5, 5.41) is 5.56. The van der Waals surface area contributed by atoms with Crippen molar-refractivity contribution in [3.05, 3.63) is 82.4 Å². The number of amides is 1. The summed E-state index contributed by atoms with van der Waals surface area (Å²) in [6.07, 6.45) is 3.48. The highest BCUT2D eigenvalue weighted by atomic mass is 32.1. The first-order valence-electron chi connectivity index (χ1n) is 8.87. The first-order valence-corrected chi connectivity index (χ1v) is 9.68. The number of benzene rings is 1. The number of hydrogen-bond acceptors (Lipinski definition) is 4. The second-order valence-electron chi connectivity index (χ2n) is 6.72. The van der Waals surface area contributed by atoms with Crippen LogP contribution in [0.3, 0.4) is 0 Å². The van der Waals surface area contributed by atoms with Crippen LogP contribution in [0.5, 0.6) is 0 Å². The largest absolute Gasteiger partial charge is 0.337 e. The maximum absolute atomic E-state index is 13.1. The Hall–Kier alpha value is -3.06. The van der Waals surface area contributed by atoms with E-state index in [2.05, 4.69) is 10.1 Å². The number of aromatic nitrogens is 3. The molecular weight excluding hydrogens is 375 g/mol. The van der Waals surface area contributed by atoms with Crippen LogP contribution in [0.4, 0.5) is 4.39 Å². The molecule has 0 saturated carbocycles. The van der Waals surface area contributed by atoms with Crippen LogP contribution < -0.4 is 0 Å². The van der Waals surface area contributed by atoms with Gasteiger partial charge >= 0.3 is 0 Å². The number of nitrogens with zero attached hydrogens (tertiary/aromatic N) is 4. The summed E-state index contributed by atoms with van der Waals surface area (Å²) in [7, 11) is 1.79. The molecule has 5 nitrogen and oxygen atoms in total. The van der Waals surface area contributed by atoms with E-state index in [1.165, 1.54) is 23.5 Å². The number of fused-ring (bicyclic) bond motifs is 1. The van der Waals surface area contributed by atoms with E-state index >= 15 is 0 Å². The van der Waals surface area contributed by atoms with Crippen molar-refractivity contribution in [2.24, 2.45) is 0 Å². The minimum absolute atomic E-state index is 0.0298. The van der Waals surface area contributed by atoms with Crippen molar-refractivity contribution < 1.29 is 9.18 Å². The Morgan fingerprint density at radius 1 is 1.21 bits per heavy atom. The molecule has 1 aromatic carbocycles. The van der Waals surface area contributed by atoms with Crippen LogP contribution in [0.15, 0.2) is 54.9 Å². The van der Waals surface area contributed by atoms with E-state index in [1.807, 2.05) is 29.8 Å². The third-order valence-electron chi connectivity index (χ3n) is 4.55. The average molecular weight is 394 g/mol. The zero-order valence-electron chi connectivity index (χ0n) is 15.6. The quantitative estimate of drug-likeness (QED) is 0.508. The lowest BCUT2D eigenvalue weighted by Gasteiger charge is -2.15. The van der Waals surface area contributed by atoms with Crippen LogP contribution in [0.1, 0.15) is 26.5 Å². The Bertz CT molecular complexity index is 1120. The predicted octanol–water partition coefficient (Wildman–Crippen LogP) is 4.26. The van der Waals surface area contributed by atoms with Gasteiger partial charge in [-0.1, -0.05) is 18.2 Å². The summed E-state index contributed by atoms with van der Waals surface area (Å²) in [4.78, 5) is 20.3. The number of pyridine rings is 1. The highest BCUT2D eigenvalue weighted by molar-refractivity contribution is 7.20. The molecule has 0 spiro atoms. The van der Waals surface area contributed by atoms with Crippen molar-refractivity contribution in [2.75, 3.05) is 7.05 Å². The fourth-order valence-electron chi connectivity index (χ4n) is 3.11. The SMILES string of the molecule is Cc1nn(Cc2ccc(F)cc2)c2sc(C(=O)N(C)Cc3cccnc3)cc12. The van der Waals surface area contributed by atoms with E-state index in [9.17, 15) is 9.18 Å². The van der Waals surface area contributed by atoms with Crippen LogP contribution >= 0.6 is 11.3 Å². The summed E-state index contributed by atoms with van der Waals surface area (Å²) in [6.45, 7) is 2.97. The highest BCUT2D eigenvalue weighted by Crippen LogP contribution is 2.29. The van der Waals surface area contributed by atoms with E-state index < -0.39 is 0 Å². The Labute approximate surface area is 166 Å². The third-order valence-corrected chi connectivity index (χ3v) is 5.69. The van der Waals surface area contributed by atoms with Gasteiger partial charge in [0.25, 0.3) is 5.91 Å². The van der Waals surface area contributed by atoms with Gasteiger partial charge < -0.3 is 4.90 Å². The van der Waals surface area contributed by atoms with Gasteiger partial charge in [0.1, 0.15) is 10.6 Å². The molecule has 28 heavy (non-hydrogen) atoms. The van der Waals surface area contributed by atoms with Crippen molar-refractivity contribution >= 4 is 27.5 Å². The summed E-state index contributed by atoms with van der Waals surface area (Å²) >= 11 is 1.43. The molecule has 4 aromatic rings. The number of aryl methyl sites for hydroxylation is 1. The minimum Gasteiger partial charge on any atom is -0.337 e. The zero-order chi connectivity index (χ0) is 19.7. The lowest BCUT2D eigenvalue weighted by molar-refractivity contribution is 0.0790. The number of thiophene rings is 1. The highest BCUT2D eigenvalue weighted by Gasteiger charge is 2.19. The molecule has 3 heterocycles. The standard InChI is InChI=1S/C21H19FN4OS/c1-14-18-10-19(20(27)25(2)12-16-4-3-9-23-11-16)28-21(18)26(24-14)13-15-5-7-17(22)8-6-15/h3-11H,12-13H2,1-2H3. The van der Waals surface area contributed by atoms with Gasteiger partial charge in [-0.3, -0.25) is 14.5 Å². The monoisotopic (exact) mass is 394 g/mol. The van der Waals surface area contributed by atoms with E-state index in [-0.39, 0.29) is 11.7 Å². The summed E-state index contributed by atoms with van der Waals surface area (Å²) in [5.41, 5.74) is 2.82. The zero-order valence-corrected chi connectivity index (χ0v) is 16.4. The van der Waals surface area contributed by atoms with E-state index in [0.29, 0.717) is 18.0 Å². The second-order valence-corrected chi connectivity index (χ2v) is 7.75. The Kier molecular flexibility index (Phi) is 4.92. The molecule has 142 valence electrons. The van der Waals surface area contributed by atoms with Crippen molar-refractivity contribution in [3.8, 4) is 0 Å². The third kappa shape index (κ3) is 3.66.